The third kappa shape index (κ3) is 3.64. The van der Waals surface area contributed by atoms with Crippen molar-refractivity contribution in [1.82, 2.24) is 9.78 Å². The Labute approximate surface area is 118 Å². The molecule has 0 fully saturated rings. The smallest absolute Gasteiger partial charge is 0.226 e. The van der Waals surface area contributed by atoms with Crippen LogP contribution in [-0.4, -0.2) is 15.7 Å². The number of aromatic nitrogens is 2. The molecule has 0 saturated heterocycles. The summed E-state index contributed by atoms with van der Waals surface area (Å²) < 4.78 is 15.9. The van der Waals surface area contributed by atoms with Crippen molar-refractivity contribution in [2.45, 2.75) is 19.4 Å². The van der Waals surface area contributed by atoms with Crippen LogP contribution >= 0.6 is 15.9 Å². The third-order valence-electron chi connectivity index (χ3n) is 2.66. The van der Waals surface area contributed by atoms with Gasteiger partial charge >= 0.3 is 0 Å². The average Bonchev–Trinajstić information content (AvgIpc) is 2.86. The van der Waals surface area contributed by atoms with Crippen molar-refractivity contribution in [3.8, 4) is 0 Å². The summed E-state index contributed by atoms with van der Waals surface area (Å²) in [5, 5.41) is 6.62. The maximum Gasteiger partial charge on any atom is 0.226 e. The molecule has 19 heavy (non-hydrogen) atoms. The van der Waals surface area contributed by atoms with Crippen LogP contribution in [0.3, 0.4) is 0 Å². The van der Waals surface area contributed by atoms with E-state index in [1.165, 1.54) is 12.1 Å². The van der Waals surface area contributed by atoms with Crippen LogP contribution in [0, 0.1) is 5.82 Å². The normalized spacial score (nSPS) is 12.2. The molecule has 1 N–H and O–H groups in total. The van der Waals surface area contributed by atoms with E-state index in [0.29, 0.717) is 4.47 Å². The van der Waals surface area contributed by atoms with Gasteiger partial charge in [0.05, 0.1) is 11.7 Å². The minimum absolute atomic E-state index is 0.0755. The van der Waals surface area contributed by atoms with Crippen molar-refractivity contribution in [3.05, 3.63) is 46.9 Å². The number of hydrogen-bond acceptors (Lipinski definition) is 2. The summed E-state index contributed by atoms with van der Waals surface area (Å²) in [5.41, 5.74) is 0.181. The van der Waals surface area contributed by atoms with Crippen molar-refractivity contribution >= 4 is 27.5 Å². The molecule has 0 aliphatic rings. The molecule has 0 saturated carbocycles. The van der Waals surface area contributed by atoms with Gasteiger partial charge in [-0.1, -0.05) is 15.9 Å². The van der Waals surface area contributed by atoms with Gasteiger partial charge in [0.25, 0.3) is 0 Å². The zero-order valence-electron chi connectivity index (χ0n) is 10.3. The molecule has 1 aromatic heterocycles. The molecule has 1 unspecified atom stereocenters. The lowest BCUT2D eigenvalue weighted by atomic mass is 10.2. The van der Waals surface area contributed by atoms with E-state index in [1.807, 2.05) is 6.92 Å². The topological polar surface area (TPSA) is 46.9 Å². The third-order valence-corrected chi connectivity index (χ3v) is 3.16. The Kier molecular flexibility index (Phi) is 4.31. The van der Waals surface area contributed by atoms with Crippen LogP contribution in [0.1, 0.15) is 19.4 Å². The standard InChI is InChI=1S/C13H13BrFN3O/c1-9(18-6-2-5-16-18)7-13(19)17-12-4-3-10(14)8-11(12)15/h2-6,8-9H,7H2,1H3,(H,17,19). The number of nitrogens with one attached hydrogen (secondary N) is 1. The molecule has 2 aromatic rings. The minimum Gasteiger partial charge on any atom is -0.324 e. The first-order valence-electron chi connectivity index (χ1n) is 5.80. The molecular formula is C13H13BrFN3O. The molecule has 0 aliphatic heterocycles. The summed E-state index contributed by atoms with van der Waals surface area (Å²) >= 11 is 3.16. The van der Waals surface area contributed by atoms with Gasteiger partial charge in [-0.15, -0.1) is 0 Å². The predicted molar refractivity (Wildman–Crippen MR) is 74.3 cm³/mol. The van der Waals surface area contributed by atoms with E-state index >= 15 is 0 Å². The fourth-order valence-corrected chi connectivity index (χ4v) is 2.03. The molecule has 1 heterocycles. The zero-order chi connectivity index (χ0) is 13.8. The van der Waals surface area contributed by atoms with E-state index in [4.69, 9.17) is 0 Å². The highest BCUT2D eigenvalue weighted by atomic mass is 79.9. The van der Waals surface area contributed by atoms with Crippen LogP contribution in [0.15, 0.2) is 41.1 Å². The number of benzene rings is 1. The Morgan fingerprint density at radius 2 is 2.37 bits per heavy atom. The van der Waals surface area contributed by atoms with Crippen molar-refractivity contribution in [1.29, 1.82) is 0 Å². The van der Waals surface area contributed by atoms with E-state index < -0.39 is 5.82 Å². The maximum atomic E-state index is 13.6. The number of hydrogen-bond donors (Lipinski definition) is 1. The summed E-state index contributed by atoms with van der Waals surface area (Å²) in [6.07, 6.45) is 3.68. The molecule has 1 amide bonds. The zero-order valence-corrected chi connectivity index (χ0v) is 11.9. The van der Waals surface area contributed by atoms with Crippen LogP contribution in [0.5, 0.6) is 0 Å². The number of rotatable bonds is 4. The van der Waals surface area contributed by atoms with Crippen LogP contribution in [0.2, 0.25) is 0 Å². The number of anilines is 1. The van der Waals surface area contributed by atoms with Gasteiger partial charge in [0, 0.05) is 23.3 Å². The Hall–Kier alpha value is -1.69. The predicted octanol–water partition coefficient (Wildman–Crippen LogP) is 3.37. The molecular weight excluding hydrogens is 313 g/mol. The van der Waals surface area contributed by atoms with E-state index in [1.54, 1.807) is 29.2 Å². The van der Waals surface area contributed by atoms with E-state index in [2.05, 4.69) is 26.3 Å². The quantitative estimate of drug-likeness (QED) is 0.936. The van der Waals surface area contributed by atoms with Gasteiger partial charge < -0.3 is 5.32 Å². The molecule has 0 bridgehead atoms. The lowest BCUT2D eigenvalue weighted by molar-refractivity contribution is -0.116. The highest BCUT2D eigenvalue weighted by Crippen LogP contribution is 2.20. The number of carbonyl (C=O) groups excluding carboxylic acids is 1. The molecule has 0 aliphatic carbocycles. The molecule has 1 atom stereocenters. The first-order valence-corrected chi connectivity index (χ1v) is 6.59. The summed E-state index contributed by atoms with van der Waals surface area (Å²) in [6, 6.07) is 6.23. The van der Waals surface area contributed by atoms with Crippen molar-refractivity contribution in [2.75, 3.05) is 5.32 Å². The first kappa shape index (κ1) is 13.7. The average molecular weight is 326 g/mol. The fourth-order valence-electron chi connectivity index (χ4n) is 1.70. The Morgan fingerprint density at radius 3 is 3.00 bits per heavy atom. The Balaban J connectivity index is 1.98. The maximum absolute atomic E-state index is 13.6. The monoisotopic (exact) mass is 325 g/mol. The van der Waals surface area contributed by atoms with Gasteiger partial charge in [0.1, 0.15) is 5.82 Å². The van der Waals surface area contributed by atoms with Gasteiger partial charge in [-0.3, -0.25) is 9.48 Å². The molecule has 6 heteroatoms. The Bertz CT molecular complexity index is 571. The SMILES string of the molecule is CC(CC(=O)Nc1ccc(Br)cc1F)n1cccn1. The molecule has 100 valence electrons. The van der Waals surface area contributed by atoms with Crippen LogP contribution in [0.4, 0.5) is 10.1 Å². The lowest BCUT2D eigenvalue weighted by Gasteiger charge is -2.12. The van der Waals surface area contributed by atoms with Gasteiger partial charge in [0.2, 0.25) is 5.91 Å². The Morgan fingerprint density at radius 1 is 1.58 bits per heavy atom. The number of amides is 1. The largest absolute Gasteiger partial charge is 0.324 e. The highest BCUT2D eigenvalue weighted by molar-refractivity contribution is 9.10. The second-order valence-electron chi connectivity index (χ2n) is 4.21. The van der Waals surface area contributed by atoms with Crippen LogP contribution < -0.4 is 5.32 Å². The number of nitrogens with zero attached hydrogens (tertiary/aromatic N) is 2. The first-order chi connectivity index (χ1) is 9.06. The molecule has 1 aromatic carbocycles. The fraction of sp³-hybridized carbons (Fsp3) is 0.231. The van der Waals surface area contributed by atoms with Gasteiger partial charge in [-0.05, 0) is 31.2 Å². The second kappa shape index (κ2) is 5.97. The van der Waals surface area contributed by atoms with Crippen LogP contribution in [-0.2, 0) is 4.79 Å². The van der Waals surface area contributed by atoms with E-state index in [9.17, 15) is 9.18 Å². The van der Waals surface area contributed by atoms with Gasteiger partial charge in [-0.25, -0.2) is 4.39 Å². The van der Waals surface area contributed by atoms with Gasteiger partial charge in [0.15, 0.2) is 0 Å². The molecule has 4 nitrogen and oxygen atoms in total. The minimum atomic E-state index is -0.463. The summed E-state index contributed by atoms with van der Waals surface area (Å²) in [5.74, 6) is -0.710. The van der Waals surface area contributed by atoms with Gasteiger partial charge in [-0.2, -0.15) is 5.10 Å². The molecule has 2 rings (SSSR count). The molecule has 0 spiro atoms. The highest BCUT2D eigenvalue weighted by Gasteiger charge is 2.12. The van der Waals surface area contributed by atoms with Crippen molar-refractivity contribution < 1.29 is 9.18 Å². The second-order valence-corrected chi connectivity index (χ2v) is 5.13. The molecule has 0 radical (unpaired) electrons. The summed E-state index contributed by atoms with van der Waals surface area (Å²) in [7, 11) is 0. The van der Waals surface area contributed by atoms with E-state index in [0.717, 1.165) is 0 Å². The summed E-state index contributed by atoms with van der Waals surface area (Å²) in [4.78, 5) is 11.8. The van der Waals surface area contributed by atoms with E-state index in [-0.39, 0.29) is 24.1 Å². The van der Waals surface area contributed by atoms with Crippen molar-refractivity contribution in [2.24, 2.45) is 0 Å². The van der Waals surface area contributed by atoms with Crippen LogP contribution in [0.25, 0.3) is 0 Å². The number of halogens is 2. The summed E-state index contributed by atoms with van der Waals surface area (Å²) in [6.45, 7) is 1.88. The number of carbonyl (C=O) groups is 1. The lowest BCUT2D eigenvalue weighted by Crippen LogP contribution is -2.18. The van der Waals surface area contributed by atoms with Crippen molar-refractivity contribution in [3.63, 3.8) is 0 Å².